The SMILES string of the molecule is COc1c(I)cc(I)cc1C(=O)Oc1c(F)c(F)c(S(=O)(=O)O)c(F)c1F. The molecule has 6 nitrogen and oxygen atoms in total. The summed E-state index contributed by atoms with van der Waals surface area (Å²) >= 11 is 3.65. The van der Waals surface area contributed by atoms with Crippen molar-refractivity contribution in [3.8, 4) is 11.5 Å². The molecule has 0 heterocycles. The first-order valence-corrected chi connectivity index (χ1v) is 10.1. The van der Waals surface area contributed by atoms with Crippen LogP contribution < -0.4 is 9.47 Å². The van der Waals surface area contributed by atoms with Crippen LogP contribution >= 0.6 is 45.2 Å². The van der Waals surface area contributed by atoms with E-state index in [0.717, 1.165) is 0 Å². The molecule has 0 aromatic heterocycles. The summed E-state index contributed by atoms with van der Waals surface area (Å²) in [5.41, 5.74) is -0.299. The third-order valence-electron chi connectivity index (χ3n) is 3.07. The monoisotopic (exact) mass is 632 g/mol. The summed E-state index contributed by atoms with van der Waals surface area (Å²) < 4.78 is 96.4. The highest BCUT2D eigenvalue weighted by Crippen LogP contribution is 2.34. The summed E-state index contributed by atoms with van der Waals surface area (Å²) in [5.74, 6) is -12.7. The molecule has 1 N–H and O–H groups in total. The number of hydrogen-bond acceptors (Lipinski definition) is 5. The molecule has 0 saturated heterocycles. The topological polar surface area (TPSA) is 89.9 Å². The van der Waals surface area contributed by atoms with Crippen molar-refractivity contribution in [2.45, 2.75) is 4.90 Å². The molecule has 0 bridgehead atoms. The molecule has 146 valence electrons. The zero-order chi connectivity index (χ0) is 20.7. The van der Waals surface area contributed by atoms with Crippen LogP contribution in [0.5, 0.6) is 11.5 Å². The van der Waals surface area contributed by atoms with Crippen LogP contribution in [-0.4, -0.2) is 26.0 Å². The van der Waals surface area contributed by atoms with E-state index in [4.69, 9.17) is 9.29 Å². The molecule has 2 aromatic rings. The van der Waals surface area contributed by atoms with Crippen molar-refractivity contribution in [2.24, 2.45) is 0 Å². The molecule has 0 radical (unpaired) electrons. The average molecular weight is 632 g/mol. The van der Waals surface area contributed by atoms with Gasteiger partial charge in [0.2, 0.25) is 17.4 Å². The highest BCUT2D eigenvalue weighted by Gasteiger charge is 2.34. The predicted octanol–water partition coefficient (Wildman–Crippen LogP) is 3.93. The van der Waals surface area contributed by atoms with Gasteiger partial charge < -0.3 is 9.47 Å². The Morgan fingerprint density at radius 1 is 1.00 bits per heavy atom. The first-order chi connectivity index (χ1) is 12.4. The lowest BCUT2D eigenvalue weighted by molar-refractivity contribution is 0.0713. The Bertz CT molecular complexity index is 1030. The van der Waals surface area contributed by atoms with E-state index in [0.29, 0.717) is 7.14 Å². The standard InChI is InChI=1S/C14H6F4I2O6S/c1-25-11-5(2-4(19)3-6(11)20)14(21)26-12-7(15)9(17)13(27(22,23)24)10(18)8(12)16/h2-3H,1H3,(H,22,23,24). The Hall–Kier alpha value is -1.20. The Morgan fingerprint density at radius 2 is 1.52 bits per heavy atom. The van der Waals surface area contributed by atoms with Gasteiger partial charge in [-0.1, -0.05) is 0 Å². The Morgan fingerprint density at radius 3 is 1.96 bits per heavy atom. The van der Waals surface area contributed by atoms with E-state index in [1.54, 1.807) is 6.07 Å². The van der Waals surface area contributed by atoms with E-state index in [2.05, 4.69) is 4.74 Å². The fraction of sp³-hybridized carbons (Fsp3) is 0.0714. The fourth-order valence-corrected chi connectivity index (χ4v) is 4.67. The molecule has 0 saturated carbocycles. The van der Waals surface area contributed by atoms with Crippen molar-refractivity contribution in [3.63, 3.8) is 0 Å². The molecular weight excluding hydrogens is 626 g/mol. The van der Waals surface area contributed by atoms with Gasteiger partial charge in [-0.05, 0) is 57.3 Å². The van der Waals surface area contributed by atoms with E-state index in [-0.39, 0.29) is 11.3 Å². The molecule has 0 amide bonds. The average Bonchev–Trinajstić information content (AvgIpc) is 2.55. The molecule has 0 spiro atoms. The number of carbonyl (C=O) groups is 1. The van der Waals surface area contributed by atoms with Gasteiger partial charge in [0.05, 0.1) is 10.7 Å². The van der Waals surface area contributed by atoms with Crippen molar-refractivity contribution >= 4 is 61.3 Å². The second-order valence-electron chi connectivity index (χ2n) is 4.75. The summed E-state index contributed by atoms with van der Waals surface area (Å²) in [6.45, 7) is 0. The number of halogens is 6. The van der Waals surface area contributed by atoms with E-state index < -0.39 is 50.0 Å². The van der Waals surface area contributed by atoms with E-state index in [1.807, 2.05) is 45.2 Å². The summed E-state index contributed by atoms with van der Waals surface area (Å²) in [6, 6.07) is 2.84. The summed E-state index contributed by atoms with van der Waals surface area (Å²) in [7, 11) is -4.41. The number of methoxy groups -OCH3 is 1. The van der Waals surface area contributed by atoms with Crippen LogP contribution in [0.15, 0.2) is 17.0 Å². The van der Waals surface area contributed by atoms with Gasteiger partial charge in [-0.15, -0.1) is 0 Å². The van der Waals surface area contributed by atoms with Crippen LogP contribution in [-0.2, 0) is 10.1 Å². The number of benzene rings is 2. The number of esters is 1. The predicted molar refractivity (Wildman–Crippen MR) is 99.5 cm³/mol. The fourth-order valence-electron chi connectivity index (χ4n) is 1.97. The minimum atomic E-state index is -5.62. The molecule has 0 atom stereocenters. The smallest absolute Gasteiger partial charge is 0.347 e. The minimum Gasteiger partial charge on any atom is -0.495 e. The van der Waals surface area contributed by atoms with Crippen LogP contribution in [0.3, 0.4) is 0 Å². The largest absolute Gasteiger partial charge is 0.495 e. The molecule has 0 fully saturated rings. The Kier molecular flexibility index (Phi) is 6.58. The Balaban J connectivity index is 2.62. The van der Waals surface area contributed by atoms with Gasteiger partial charge in [-0.3, -0.25) is 4.55 Å². The maximum absolute atomic E-state index is 14.0. The van der Waals surface area contributed by atoms with Crippen LogP contribution in [0.25, 0.3) is 0 Å². The first-order valence-electron chi connectivity index (χ1n) is 6.48. The molecular formula is C14H6F4I2O6S. The van der Waals surface area contributed by atoms with Crippen LogP contribution in [0.1, 0.15) is 10.4 Å². The van der Waals surface area contributed by atoms with Crippen LogP contribution in [0.2, 0.25) is 0 Å². The second kappa shape index (κ2) is 8.04. The van der Waals surface area contributed by atoms with E-state index in [9.17, 15) is 30.8 Å². The van der Waals surface area contributed by atoms with Crippen LogP contribution in [0, 0.1) is 30.4 Å². The van der Waals surface area contributed by atoms with Gasteiger partial charge in [0.1, 0.15) is 11.3 Å². The van der Waals surface area contributed by atoms with E-state index in [1.165, 1.54) is 13.2 Å². The maximum atomic E-state index is 14.0. The molecule has 0 unspecified atom stereocenters. The molecule has 2 rings (SSSR count). The molecule has 2 aromatic carbocycles. The molecule has 0 aliphatic rings. The van der Waals surface area contributed by atoms with Gasteiger partial charge in [-0.25, -0.2) is 13.6 Å². The summed E-state index contributed by atoms with van der Waals surface area (Å²) in [6.07, 6.45) is 0. The summed E-state index contributed by atoms with van der Waals surface area (Å²) in [4.78, 5) is 10.0. The van der Waals surface area contributed by atoms with Gasteiger partial charge in [-0.2, -0.15) is 17.2 Å². The first kappa shape index (κ1) is 22.1. The molecule has 27 heavy (non-hydrogen) atoms. The van der Waals surface area contributed by atoms with Crippen LogP contribution in [0.4, 0.5) is 17.6 Å². The van der Waals surface area contributed by atoms with Gasteiger partial charge >= 0.3 is 16.1 Å². The van der Waals surface area contributed by atoms with Gasteiger partial charge in [0.25, 0.3) is 0 Å². The maximum Gasteiger partial charge on any atom is 0.347 e. The molecule has 0 aliphatic heterocycles. The van der Waals surface area contributed by atoms with Gasteiger partial charge in [0.15, 0.2) is 16.5 Å². The lowest BCUT2D eigenvalue weighted by atomic mass is 10.2. The van der Waals surface area contributed by atoms with Crippen molar-refractivity contribution in [2.75, 3.05) is 7.11 Å². The van der Waals surface area contributed by atoms with Crippen molar-refractivity contribution in [1.29, 1.82) is 0 Å². The lowest BCUT2D eigenvalue weighted by Gasteiger charge is -2.13. The zero-order valence-electron chi connectivity index (χ0n) is 12.8. The quantitative estimate of drug-likeness (QED) is 0.137. The number of ether oxygens (including phenoxy) is 2. The number of carbonyl (C=O) groups excluding carboxylic acids is 1. The normalized spacial score (nSPS) is 11.4. The Labute approximate surface area is 176 Å². The number of rotatable bonds is 4. The molecule has 13 heteroatoms. The minimum absolute atomic E-state index is 0.0164. The zero-order valence-corrected chi connectivity index (χ0v) is 18.0. The van der Waals surface area contributed by atoms with Crippen molar-refractivity contribution in [3.05, 3.63) is 48.1 Å². The van der Waals surface area contributed by atoms with Crippen molar-refractivity contribution < 1.29 is 44.8 Å². The van der Waals surface area contributed by atoms with Crippen molar-refractivity contribution in [1.82, 2.24) is 0 Å². The highest BCUT2D eigenvalue weighted by atomic mass is 127. The number of hydrogen-bond donors (Lipinski definition) is 1. The second-order valence-corrected chi connectivity index (χ2v) is 8.51. The third kappa shape index (κ3) is 4.29. The summed E-state index contributed by atoms with van der Waals surface area (Å²) in [5, 5.41) is 0. The third-order valence-corrected chi connectivity index (χ3v) is 5.37. The highest BCUT2D eigenvalue weighted by molar-refractivity contribution is 14.1. The lowest BCUT2D eigenvalue weighted by Crippen LogP contribution is -2.17. The molecule has 0 aliphatic carbocycles. The van der Waals surface area contributed by atoms with Gasteiger partial charge in [0, 0.05) is 3.57 Å². The van der Waals surface area contributed by atoms with E-state index >= 15 is 0 Å².